The van der Waals surface area contributed by atoms with Crippen LogP contribution in [-0.2, 0) is 6.54 Å². The number of rotatable bonds is 4. The first-order valence-electron chi connectivity index (χ1n) is 7.41. The molecule has 4 nitrogen and oxygen atoms in total. The minimum absolute atomic E-state index is 0.0197. The smallest absolute Gasteiger partial charge is 0.176 e. The summed E-state index contributed by atoms with van der Waals surface area (Å²) in [6.07, 6.45) is 1.84. The summed E-state index contributed by atoms with van der Waals surface area (Å²) in [5.74, 6) is 0.0736. The molecule has 3 rings (SSSR count). The van der Waals surface area contributed by atoms with Gasteiger partial charge in [-0.05, 0) is 64.0 Å². The first-order chi connectivity index (χ1) is 12.4. The summed E-state index contributed by atoms with van der Waals surface area (Å²) >= 11 is 20.4. The van der Waals surface area contributed by atoms with Crippen LogP contribution in [0.1, 0.15) is 5.56 Å². The van der Waals surface area contributed by atoms with E-state index in [0.717, 1.165) is 10.0 Å². The SMILES string of the molecule is Fc1ccc(NC(=S)Nc2nn(Cc3ccc(Cl)cc3)cc2Br)cc1Cl. The Morgan fingerprint density at radius 2 is 1.88 bits per heavy atom. The third kappa shape index (κ3) is 4.94. The molecule has 26 heavy (non-hydrogen) atoms. The molecule has 0 atom stereocenters. The molecule has 1 heterocycles. The molecule has 3 aromatic rings. The standard InChI is InChI=1S/C17H12BrCl2FN4S/c18-13-9-25(8-10-1-3-11(19)4-2-10)24-16(13)23-17(26)22-12-5-6-15(21)14(20)7-12/h1-7,9H,8H2,(H2,22,23,24,26). The Morgan fingerprint density at radius 1 is 1.15 bits per heavy atom. The van der Waals surface area contributed by atoms with Crippen LogP contribution in [0, 0.1) is 5.82 Å². The van der Waals surface area contributed by atoms with Crippen molar-refractivity contribution in [2.45, 2.75) is 6.54 Å². The zero-order valence-corrected chi connectivity index (χ0v) is 17.1. The predicted molar refractivity (Wildman–Crippen MR) is 112 cm³/mol. The number of hydrogen-bond donors (Lipinski definition) is 2. The number of nitrogens with zero attached hydrogens (tertiary/aromatic N) is 2. The highest BCUT2D eigenvalue weighted by Crippen LogP contribution is 2.23. The molecule has 0 aliphatic carbocycles. The van der Waals surface area contributed by atoms with Crippen molar-refractivity contribution in [2.75, 3.05) is 10.6 Å². The van der Waals surface area contributed by atoms with Crippen LogP contribution in [0.5, 0.6) is 0 Å². The van der Waals surface area contributed by atoms with E-state index in [1.54, 1.807) is 10.7 Å². The number of aromatic nitrogens is 2. The van der Waals surface area contributed by atoms with E-state index < -0.39 is 5.82 Å². The van der Waals surface area contributed by atoms with Gasteiger partial charge in [0, 0.05) is 16.9 Å². The predicted octanol–water partition coefficient (Wildman–Crippen LogP) is 5.95. The Kier molecular flexibility index (Phi) is 6.13. The summed E-state index contributed by atoms with van der Waals surface area (Å²) in [5, 5.41) is 11.4. The first-order valence-corrected chi connectivity index (χ1v) is 9.37. The number of anilines is 2. The van der Waals surface area contributed by atoms with E-state index in [1.165, 1.54) is 12.1 Å². The summed E-state index contributed by atoms with van der Waals surface area (Å²) in [6, 6.07) is 11.8. The lowest BCUT2D eigenvalue weighted by atomic mass is 10.2. The van der Waals surface area contributed by atoms with Gasteiger partial charge in [-0.1, -0.05) is 35.3 Å². The van der Waals surface area contributed by atoms with E-state index in [1.807, 2.05) is 30.5 Å². The fourth-order valence-electron chi connectivity index (χ4n) is 2.18. The molecule has 0 aliphatic heterocycles. The van der Waals surface area contributed by atoms with Crippen molar-refractivity contribution in [1.82, 2.24) is 9.78 Å². The minimum Gasteiger partial charge on any atom is -0.332 e. The van der Waals surface area contributed by atoms with Crippen molar-refractivity contribution in [3.05, 3.63) is 74.6 Å². The fraction of sp³-hybridized carbons (Fsp3) is 0.0588. The Morgan fingerprint density at radius 3 is 2.58 bits per heavy atom. The molecule has 0 unspecified atom stereocenters. The van der Waals surface area contributed by atoms with Gasteiger partial charge in [-0.15, -0.1) is 0 Å². The highest BCUT2D eigenvalue weighted by Gasteiger charge is 2.10. The average molecular weight is 474 g/mol. The van der Waals surface area contributed by atoms with Crippen LogP contribution in [0.2, 0.25) is 10.0 Å². The van der Waals surface area contributed by atoms with Gasteiger partial charge in [0.15, 0.2) is 10.9 Å². The van der Waals surface area contributed by atoms with Crippen LogP contribution >= 0.6 is 51.3 Å². The van der Waals surface area contributed by atoms with E-state index in [2.05, 4.69) is 31.7 Å². The van der Waals surface area contributed by atoms with Crippen LogP contribution in [0.25, 0.3) is 0 Å². The van der Waals surface area contributed by atoms with Gasteiger partial charge in [-0.2, -0.15) is 5.10 Å². The number of hydrogen-bond acceptors (Lipinski definition) is 2. The maximum absolute atomic E-state index is 13.2. The molecule has 0 amide bonds. The van der Waals surface area contributed by atoms with Crippen LogP contribution in [0.4, 0.5) is 15.9 Å². The number of nitrogens with one attached hydrogen (secondary N) is 2. The molecule has 0 spiro atoms. The number of benzene rings is 2. The van der Waals surface area contributed by atoms with E-state index in [0.29, 0.717) is 28.2 Å². The number of thiocarbonyl (C=S) groups is 1. The fourth-order valence-corrected chi connectivity index (χ4v) is 3.12. The van der Waals surface area contributed by atoms with E-state index in [4.69, 9.17) is 35.4 Å². The Bertz CT molecular complexity index is 946. The minimum atomic E-state index is -0.486. The van der Waals surface area contributed by atoms with Crippen LogP contribution < -0.4 is 10.6 Å². The van der Waals surface area contributed by atoms with Crippen molar-refractivity contribution < 1.29 is 4.39 Å². The Hall–Kier alpha value is -1.67. The van der Waals surface area contributed by atoms with Gasteiger partial charge in [0.25, 0.3) is 0 Å². The summed E-state index contributed by atoms with van der Waals surface area (Å²) < 4.78 is 15.7. The molecule has 0 saturated carbocycles. The van der Waals surface area contributed by atoms with Crippen molar-refractivity contribution in [3.63, 3.8) is 0 Å². The molecular weight excluding hydrogens is 462 g/mol. The number of halogens is 4. The van der Waals surface area contributed by atoms with Crippen LogP contribution in [0.3, 0.4) is 0 Å². The van der Waals surface area contributed by atoms with Crippen molar-refractivity contribution in [1.29, 1.82) is 0 Å². The van der Waals surface area contributed by atoms with E-state index >= 15 is 0 Å². The second-order valence-corrected chi connectivity index (χ2v) is 7.46. The maximum atomic E-state index is 13.2. The average Bonchev–Trinajstić information content (AvgIpc) is 2.92. The second-order valence-electron chi connectivity index (χ2n) is 5.36. The third-order valence-corrected chi connectivity index (χ3v) is 4.71. The largest absolute Gasteiger partial charge is 0.332 e. The highest BCUT2D eigenvalue weighted by molar-refractivity contribution is 9.10. The van der Waals surface area contributed by atoms with Gasteiger partial charge in [-0.25, -0.2) is 4.39 Å². The topological polar surface area (TPSA) is 41.9 Å². The molecule has 0 aliphatic rings. The first kappa shape index (κ1) is 19.1. The monoisotopic (exact) mass is 472 g/mol. The summed E-state index contributed by atoms with van der Waals surface area (Å²) in [4.78, 5) is 0. The van der Waals surface area contributed by atoms with Gasteiger partial charge >= 0.3 is 0 Å². The van der Waals surface area contributed by atoms with Gasteiger partial charge < -0.3 is 10.6 Å². The van der Waals surface area contributed by atoms with E-state index in [9.17, 15) is 4.39 Å². The summed E-state index contributed by atoms with van der Waals surface area (Å²) in [6.45, 7) is 0.589. The molecule has 1 aromatic heterocycles. The zero-order chi connectivity index (χ0) is 18.7. The highest BCUT2D eigenvalue weighted by atomic mass is 79.9. The normalized spacial score (nSPS) is 10.6. The molecule has 134 valence electrons. The van der Waals surface area contributed by atoms with E-state index in [-0.39, 0.29) is 5.02 Å². The Labute approximate surface area is 173 Å². The summed E-state index contributed by atoms with van der Waals surface area (Å²) in [7, 11) is 0. The van der Waals surface area contributed by atoms with Gasteiger partial charge in [0.2, 0.25) is 0 Å². The molecule has 0 radical (unpaired) electrons. The zero-order valence-electron chi connectivity index (χ0n) is 13.1. The molecule has 2 aromatic carbocycles. The molecule has 0 bridgehead atoms. The second kappa shape index (κ2) is 8.35. The third-order valence-electron chi connectivity index (χ3n) is 3.38. The van der Waals surface area contributed by atoms with Crippen molar-refractivity contribution >= 4 is 68.0 Å². The molecule has 2 N–H and O–H groups in total. The van der Waals surface area contributed by atoms with Crippen molar-refractivity contribution in [3.8, 4) is 0 Å². The lowest BCUT2D eigenvalue weighted by Crippen LogP contribution is -2.19. The van der Waals surface area contributed by atoms with Gasteiger partial charge in [0.1, 0.15) is 5.82 Å². The van der Waals surface area contributed by atoms with Crippen molar-refractivity contribution in [2.24, 2.45) is 0 Å². The quantitative estimate of drug-likeness (QED) is 0.459. The maximum Gasteiger partial charge on any atom is 0.176 e. The molecule has 9 heteroatoms. The van der Waals surface area contributed by atoms with Gasteiger partial charge in [0.05, 0.1) is 16.0 Å². The van der Waals surface area contributed by atoms with Crippen LogP contribution in [-0.4, -0.2) is 14.9 Å². The van der Waals surface area contributed by atoms with Crippen LogP contribution in [0.15, 0.2) is 53.1 Å². The molecular formula is C17H12BrCl2FN4S. The lowest BCUT2D eigenvalue weighted by Gasteiger charge is -2.09. The lowest BCUT2D eigenvalue weighted by molar-refractivity contribution is 0.628. The summed E-state index contributed by atoms with van der Waals surface area (Å²) in [5.41, 5.74) is 1.64. The van der Waals surface area contributed by atoms with Gasteiger partial charge in [-0.3, -0.25) is 4.68 Å². The molecule has 0 fully saturated rings. The molecule has 0 saturated heterocycles. The Balaban J connectivity index is 1.65.